The predicted octanol–water partition coefficient (Wildman–Crippen LogP) is 1.29. The van der Waals surface area contributed by atoms with Gasteiger partial charge in [0.2, 0.25) is 5.91 Å². The molecule has 5 heteroatoms. The molecule has 2 rings (SSSR count). The smallest absolute Gasteiger partial charge is 0.240 e. The second kappa shape index (κ2) is 6.03. The third kappa shape index (κ3) is 2.89. The SMILES string of the molecule is COc1ccccc1C(C(C)N)N1CCNC(=O)C1(C)C. The summed E-state index contributed by atoms with van der Waals surface area (Å²) in [6.07, 6.45) is 0. The van der Waals surface area contributed by atoms with Gasteiger partial charge in [-0.1, -0.05) is 18.2 Å². The van der Waals surface area contributed by atoms with Crippen LogP contribution in [0.25, 0.3) is 0 Å². The monoisotopic (exact) mass is 291 g/mol. The van der Waals surface area contributed by atoms with Crippen LogP contribution < -0.4 is 15.8 Å². The number of methoxy groups -OCH3 is 1. The first-order chi connectivity index (χ1) is 9.89. The molecule has 1 aliphatic rings. The maximum Gasteiger partial charge on any atom is 0.240 e. The molecule has 0 radical (unpaired) electrons. The van der Waals surface area contributed by atoms with Crippen molar-refractivity contribution in [1.29, 1.82) is 0 Å². The number of carbonyl (C=O) groups excluding carboxylic acids is 1. The Morgan fingerprint density at radius 3 is 2.67 bits per heavy atom. The molecule has 5 nitrogen and oxygen atoms in total. The van der Waals surface area contributed by atoms with Crippen LogP contribution in [0.15, 0.2) is 24.3 Å². The molecule has 0 spiro atoms. The molecule has 0 aliphatic carbocycles. The minimum absolute atomic E-state index is 0.0364. The van der Waals surface area contributed by atoms with E-state index in [9.17, 15) is 4.79 Å². The van der Waals surface area contributed by atoms with Crippen LogP contribution in [0.4, 0.5) is 0 Å². The van der Waals surface area contributed by atoms with E-state index in [1.165, 1.54) is 0 Å². The lowest BCUT2D eigenvalue weighted by Gasteiger charge is -2.47. The van der Waals surface area contributed by atoms with Gasteiger partial charge >= 0.3 is 0 Å². The summed E-state index contributed by atoms with van der Waals surface area (Å²) in [5.74, 6) is 0.843. The zero-order valence-electron chi connectivity index (χ0n) is 13.2. The quantitative estimate of drug-likeness (QED) is 0.877. The Hall–Kier alpha value is -1.59. The van der Waals surface area contributed by atoms with E-state index in [4.69, 9.17) is 10.5 Å². The summed E-state index contributed by atoms with van der Waals surface area (Å²) in [5.41, 5.74) is 6.69. The number of hydrogen-bond donors (Lipinski definition) is 2. The molecule has 2 unspecified atom stereocenters. The van der Waals surface area contributed by atoms with Gasteiger partial charge in [0.15, 0.2) is 0 Å². The van der Waals surface area contributed by atoms with Gasteiger partial charge in [0.1, 0.15) is 5.75 Å². The highest BCUT2D eigenvalue weighted by Crippen LogP contribution is 2.36. The van der Waals surface area contributed by atoms with Gasteiger partial charge in [0, 0.05) is 24.7 Å². The first-order valence-corrected chi connectivity index (χ1v) is 7.33. The zero-order valence-corrected chi connectivity index (χ0v) is 13.2. The van der Waals surface area contributed by atoms with Crippen molar-refractivity contribution in [2.75, 3.05) is 20.2 Å². The Morgan fingerprint density at radius 1 is 1.38 bits per heavy atom. The van der Waals surface area contributed by atoms with Crippen LogP contribution in [0.3, 0.4) is 0 Å². The number of piperazine rings is 1. The van der Waals surface area contributed by atoms with Gasteiger partial charge in [-0.3, -0.25) is 9.69 Å². The lowest BCUT2D eigenvalue weighted by Crippen LogP contribution is -2.64. The van der Waals surface area contributed by atoms with Crippen LogP contribution in [0.2, 0.25) is 0 Å². The minimum atomic E-state index is -0.600. The fourth-order valence-electron chi connectivity index (χ4n) is 3.05. The summed E-state index contributed by atoms with van der Waals surface area (Å²) in [4.78, 5) is 14.4. The van der Waals surface area contributed by atoms with Crippen LogP contribution in [-0.4, -0.2) is 42.6 Å². The number of carbonyl (C=O) groups is 1. The van der Waals surface area contributed by atoms with Gasteiger partial charge in [-0.15, -0.1) is 0 Å². The molecule has 1 aliphatic heterocycles. The third-order valence-corrected chi connectivity index (χ3v) is 4.20. The topological polar surface area (TPSA) is 67.6 Å². The van der Waals surface area contributed by atoms with Crippen molar-refractivity contribution in [2.24, 2.45) is 5.73 Å². The Bertz CT molecular complexity index is 514. The Labute approximate surface area is 126 Å². The molecule has 0 saturated carbocycles. The molecule has 0 bridgehead atoms. The van der Waals surface area contributed by atoms with Crippen LogP contribution in [0, 0.1) is 0 Å². The summed E-state index contributed by atoms with van der Waals surface area (Å²) in [6, 6.07) is 7.68. The van der Waals surface area contributed by atoms with Gasteiger partial charge in [-0.25, -0.2) is 0 Å². The highest BCUT2D eigenvalue weighted by molar-refractivity contribution is 5.86. The van der Waals surface area contributed by atoms with Crippen LogP contribution in [0.5, 0.6) is 5.75 Å². The maximum atomic E-state index is 12.2. The minimum Gasteiger partial charge on any atom is -0.496 e. The molecule has 1 aromatic carbocycles. The van der Waals surface area contributed by atoms with E-state index in [-0.39, 0.29) is 18.0 Å². The first-order valence-electron chi connectivity index (χ1n) is 7.33. The van der Waals surface area contributed by atoms with E-state index < -0.39 is 5.54 Å². The van der Waals surface area contributed by atoms with Crippen LogP contribution in [0.1, 0.15) is 32.4 Å². The van der Waals surface area contributed by atoms with Gasteiger partial charge in [0.25, 0.3) is 0 Å². The molecule has 1 aromatic rings. The molecule has 1 saturated heterocycles. The molecule has 21 heavy (non-hydrogen) atoms. The molecular weight excluding hydrogens is 266 g/mol. The van der Waals surface area contributed by atoms with E-state index in [2.05, 4.69) is 10.2 Å². The first kappa shape index (κ1) is 15.8. The number of ether oxygens (including phenoxy) is 1. The highest BCUT2D eigenvalue weighted by atomic mass is 16.5. The third-order valence-electron chi connectivity index (χ3n) is 4.20. The summed E-state index contributed by atoms with van der Waals surface area (Å²) in [7, 11) is 1.66. The Morgan fingerprint density at radius 2 is 2.05 bits per heavy atom. The summed E-state index contributed by atoms with van der Waals surface area (Å²) >= 11 is 0. The predicted molar refractivity (Wildman–Crippen MR) is 83.2 cm³/mol. The Kier molecular flexibility index (Phi) is 4.54. The second-order valence-electron chi connectivity index (χ2n) is 6.05. The highest BCUT2D eigenvalue weighted by Gasteiger charge is 2.43. The average Bonchev–Trinajstić information content (AvgIpc) is 2.44. The average molecular weight is 291 g/mol. The van der Waals surface area contributed by atoms with E-state index in [0.717, 1.165) is 17.9 Å². The van der Waals surface area contributed by atoms with Crippen molar-refractivity contribution in [2.45, 2.75) is 38.4 Å². The largest absolute Gasteiger partial charge is 0.496 e. The van der Waals surface area contributed by atoms with Gasteiger partial charge in [-0.2, -0.15) is 0 Å². The standard InChI is InChI=1S/C16H25N3O2/c1-11(17)14(12-7-5-6-8-13(12)21-4)19-10-9-18-15(20)16(19,2)3/h5-8,11,14H,9-10,17H2,1-4H3,(H,18,20). The Balaban J connectivity index is 2.46. The van der Waals surface area contributed by atoms with Crippen molar-refractivity contribution in [1.82, 2.24) is 10.2 Å². The van der Waals surface area contributed by atoms with Crippen molar-refractivity contribution in [3.8, 4) is 5.75 Å². The van der Waals surface area contributed by atoms with Crippen molar-refractivity contribution in [3.05, 3.63) is 29.8 Å². The number of nitrogens with zero attached hydrogens (tertiary/aromatic N) is 1. The summed E-state index contributed by atoms with van der Waals surface area (Å²) < 4.78 is 5.48. The molecule has 1 heterocycles. The van der Waals surface area contributed by atoms with Gasteiger partial charge in [0.05, 0.1) is 18.7 Å². The normalized spacial score (nSPS) is 21.5. The number of nitrogens with two attached hydrogens (primary N) is 1. The van der Waals surface area contributed by atoms with Gasteiger partial charge < -0.3 is 15.8 Å². The van der Waals surface area contributed by atoms with Crippen molar-refractivity contribution >= 4 is 5.91 Å². The second-order valence-corrected chi connectivity index (χ2v) is 6.05. The lowest BCUT2D eigenvalue weighted by molar-refractivity contribution is -0.137. The molecule has 116 valence electrons. The lowest BCUT2D eigenvalue weighted by atomic mass is 9.90. The van der Waals surface area contributed by atoms with Crippen molar-refractivity contribution in [3.63, 3.8) is 0 Å². The molecule has 2 atom stereocenters. The fraction of sp³-hybridized carbons (Fsp3) is 0.562. The number of rotatable bonds is 4. The molecule has 3 N–H and O–H groups in total. The van der Waals surface area contributed by atoms with Crippen LogP contribution in [-0.2, 0) is 4.79 Å². The summed E-state index contributed by atoms with van der Waals surface area (Å²) in [6.45, 7) is 7.25. The number of para-hydroxylation sites is 1. The maximum absolute atomic E-state index is 12.2. The van der Waals surface area contributed by atoms with E-state index in [1.54, 1.807) is 7.11 Å². The summed E-state index contributed by atoms with van der Waals surface area (Å²) in [5, 5.41) is 2.92. The van der Waals surface area contributed by atoms with Crippen LogP contribution >= 0.6 is 0 Å². The van der Waals surface area contributed by atoms with Gasteiger partial charge in [-0.05, 0) is 26.8 Å². The zero-order chi connectivity index (χ0) is 15.6. The number of amides is 1. The number of hydrogen-bond acceptors (Lipinski definition) is 4. The number of benzene rings is 1. The molecule has 1 fully saturated rings. The molecule has 0 aromatic heterocycles. The van der Waals surface area contributed by atoms with E-state index in [0.29, 0.717) is 6.54 Å². The molecule has 1 amide bonds. The van der Waals surface area contributed by atoms with E-state index >= 15 is 0 Å². The number of nitrogens with one attached hydrogen (secondary N) is 1. The molecular formula is C16H25N3O2. The van der Waals surface area contributed by atoms with E-state index in [1.807, 2.05) is 45.0 Å². The van der Waals surface area contributed by atoms with Crippen molar-refractivity contribution < 1.29 is 9.53 Å². The fourth-order valence-corrected chi connectivity index (χ4v) is 3.05.